The minimum atomic E-state index is -0.506. The molecule has 0 spiro atoms. The molecule has 4 rings (SSSR count). The normalized spacial score (nSPS) is 19.0. The second-order valence-electron chi connectivity index (χ2n) is 7.90. The number of halogens is 3. The van der Waals surface area contributed by atoms with Gasteiger partial charge in [-0.3, -0.25) is 0 Å². The van der Waals surface area contributed by atoms with Gasteiger partial charge in [-0.05, 0) is 0 Å². The van der Waals surface area contributed by atoms with Crippen molar-refractivity contribution < 1.29 is 32.9 Å². The molecule has 2 aliphatic rings. The van der Waals surface area contributed by atoms with Crippen LogP contribution in [0.1, 0.15) is 30.9 Å². The Morgan fingerprint density at radius 3 is 2.72 bits per heavy atom. The molecule has 0 radical (unpaired) electrons. The number of nitrogen functional groups attached to an aromatic ring is 1. The molecule has 10 heteroatoms. The van der Waals surface area contributed by atoms with Crippen LogP contribution in [0, 0.1) is 30.8 Å². The first-order valence-electron chi connectivity index (χ1n) is 11.0. The molecule has 36 heavy (non-hydrogen) atoms. The van der Waals surface area contributed by atoms with Crippen LogP contribution in [0.5, 0.6) is 0 Å². The van der Waals surface area contributed by atoms with Gasteiger partial charge in [-0.2, -0.15) is 14.1 Å². The fourth-order valence-corrected chi connectivity index (χ4v) is 6.01. The van der Waals surface area contributed by atoms with Gasteiger partial charge in [0.25, 0.3) is 0 Å². The molecular weight excluding hydrogens is 674 g/mol. The number of hydrogen-bond acceptors (Lipinski definition) is 5. The molecule has 0 saturated carbocycles. The maximum absolute atomic E-state index is 15.7. The average Bonchev–Trinajstić information content (AvgIpc) is 3.17. The first-order chi connectivity index (χ1) is 16.8. The molecule has 1 fully saturated rings. The van der Waals surface area contributed by atoms with E-state index in [1.165, 1.54) is 12.1 Å². The smallest absolute Gasteiger partial charge is 0.162 e. The number of fused-ring (bicyclic) bond motifs is 1. The van der Waals surface area contributed by atoms with Crippen LogP contribution in [-0.4, -0.2) is 48.7 Å². The number of nitrogens with two attached hydrogens (primary N) is 1. The van der Waals surface area contributed by atoms with Gasteiger partial charge in [0.15, 0.2) is 0 Å². The van der Waals surface area contributed by atoms with Crippen molar-refractivity contribution in [2.24, 2.45) is 0 Å². The molecule has 2 aromatic rings. The van der Waals surface area contributed by atoms with E-state index in [1.54, 1.807) is 20.2 Å². The Bertz CT molecular complexity index is 1260. The third-order valence-electron chi connectivity index (χ3n) is 5.43. The van der Waals surface area contributed by atoms with Crippen LogP contribution in [0.15, 0.2) is 34.6 Å². The third-order valence-corrected chi connectivity index (χ3v) is 8.19. The summed E-state index contributed by atoms with van der Waals surface area (Å²) in [5, 5.41) is 13.7. The van der Waals surface area contributed by atoms with Crippen molar-refractivity contribution in [3.63, 3.8) is 0 Å². The Labute approximate surface area is 231 Å². The summed E-state index contributed by atoms with van der Waals surface area (Å²) in [5.74, 6) is -0.997. The first kappa shape index (κ1) is 30.3. The zero-order valence-corrected chi connectivity index (χ0v) is 25.1. The monoisotopic (exact) mass is 701 g/mol. The number of likely N-dealkylation sites (tertiary alicyclic amines) is 1. The number of nitriles is 1. The number of ether oxygens (including phenoxy) is 1. The second-order valence-corrected chi connectivity index (χ2v) is 10.8. The number of rotatable bonds is 4. The molecule has 0 unspecified atom stereocenters. The van der Waals surface area contributed by atoms with Gasteiger partial charge in [0.2, 0.25) is 0 Å². The topological polar surface area (TPSA) is 76.4 Å². The molecule has 1 atom stereocenters. The Morgan fingerprint density at radius 2 is 2.08 bits per heavy atom. The van der Waals surface area contributed by atoms with Crippen molar-refractivity contribution >= 4 is 47.5 Å². The zero-order chi connectivity index (χ0) is 25.7. The van der Waals surface area contributed by atoms with Crippen molar-refractivity contribution in [3.05, 3.63) is 70.5 Å². The summed E-state index contributed by atoms with van der Waals surface area (Å²) < 4.78 is 36.5. The molecule has 1 aromatic carbocycles. The molecule has 2 N–H and O–H groups in total. The van der Waals surface area contributed by atoms with E-state index in [2.05, 4.69) is 11.5 Å². The third kappa shape index (κ3) is 6.33. The minimum absolute atomic E-state index is 0. The van der Waals surface area contributed by atoms with Gasteiger partial charge in [0, 0.05) is 0 Å². The summed E-state index contributed by atoms with van der Waals surface area (Å²) in [6.45, 7) is 4.14. The van der Waals surface area contributed by atoms with Gasteiger partial charge in [-0.25, -0.2) is 0 Å². The van der Waals surface area contributed by atoms with Gasteiger partial charge in [0.05, 0.1) is 0 Å². The Kier molecular flexibility index (Phi) is 11.5. The summed E-state index contributed by atoms with van der Waals surface area (Å²) in [5.41, 5.74) is 7.16. The summed E-state index contributed by atoms with van der Waals surface area (Å²) in [6.07, 6.45) is 7.08. The van der Waals surface area contributed by atoms with Crippen molar-refractivity contribution in [2.75, 3.05) is 39.5 Å². The number of thiophene rings is 1. The zero-order valence-electron chi connectivity index (χ0n) is 20.6. The van der Waals surface area contributed by atoms with Crippen LogP contribution in [0.4, 0.5) is 13.8 Å². The quantitative estimate of drug-likeness (QED) is 0.381. The van der Waals surface area contributed by atoms with E-state index < -0.39 is 11.6 Å². The predicted octanol–water partition coefficient (Wildman–Crippen LogP) is 6.29. The molecule has 1 saturated heterocycles. The number of allylic oxidation sites excluding steroid dienone is 5. The Morgan fingerprint density at radius 1 is 1.39 bits per heavy atom. The molecule has 194 valence electrons. The van der Waals surface area contributed by atoms with Gasteiger partial charge < -0.3 is 12.7 Å². The summed E-state index contributed by atoms with van der Waals surface area (Å²) >= 11 is 8.45. The second kappa shape index (κ2) is 13.6. The predicted molar refractivity (Wildman–Crippen MR) is 142 cm³/mol. The van der Waals surface area contributed by atoms with E-state index in [-0.39, 0.29) is 39.4 Å². The van der Waals surface area contributed by atoms with E-state index in [1.807, 2.05) is 17.9 Å². The van der Waals surface area contributed by atoms with E-state index in [4.69, 9.17) is 22.1 Å². The van der Waals surface area contributed by atoms with Crippen molar-refractivity contribution in [2.45, 2.75) is 25.9 Å². The number of nitrogens with zero attached hydrogens (tertiary/aromatic N) is 3. The van der Waals surface area contributed by atoms with Gasteiger partial charge in [0.1, 0.15) is 0 Å². The van der Waals surface area contributed by atoms with Crippen molar-refractivity contribution in [1.29, 1.82) is 5.26 Å². The standard InChI is InChI=1S/C23H19ClF2N3OS.C2H6N.CH3.W/c1-2-30-14-4-3-7-29(12-14)11-13-8-17(24)21(19(26)9-13)15-5-6-18(25)22-20(15)16(10-27)23(28)31-22;1-3-2;;/h5-6,8,14H,2-4,7,12,28H2,1H3;1-2H3;1H3;/q3*-1;/t14-;;;/m1.../s1. The fourth-order valence-electron chi connectivity index (χ4n) is 4.02. The molecule has 1 aliphatic carbocycles. The van der Waals surface area contributed by atoms with E-state index in [9.17, 15) is 9.65 Å². The first-order valence-corrected chi connectivity index (χ1v) is 13.6. The van der Waals surface area contributed by atoms with Gasteiger partial charge >= 0.3 is 206 Å². The van der Waals surface area contributed by atoms with E-state index >= 15 is 4.39 Å². The van der Waals surface area contributed by atoms with Crippen LogP contribution in [0.3, 0.4) is 0 Å². The number of hydrogen-bond donors (Lipinski definition) is 1. The molecule has 1 aliphatic heterocycles. The van der Waals surface area contributed by atoms with Crippen molar-refractivity contribution in [3.8, 4) is 6.07 Å². The average molecular weight is 702 g/mol. The molecular formula is C26H28ClF2N4OSW-3. The van der Waals surface area contributed by atoms with Crippen LogP contribution in [-0.2, 0) is 24.1 Å². The van der Waals surface area contributed by atoms with Crippen LogP contribution >= 0.6 is 22.9 Å². The SMILES string of the molecule is CCO[C@@H]1CCCN([C-]=C2C=C(Cl)C(c3ccc(F)c4sc(N)c(C#N)c34)=C(F)[C]2=[W])C1.C[N-]C.[CH3-]. The fraction of sp³-hybridized carbons (Fsp3) is 0.346. The van der Waals surface area contributed by atoms with E-state index in [0.29, 0.717) is 33.6 Å². The maximum Gasteiger partial charge on any atom is -0.162 e. The maximum atomic E-state index is 15.7. The van der Waals surface area contributed by atoms with Crippen molar-refractivity contribution in [1.82, 2.24) is 4.90 Å². The molecule has 0 amide bonds. The largest absolute Gasteiger partial charge is 0.668 e. The van der Waals surface area contributed by atoms with Crippen LogP contribution in [0.25, 0.3) is 21.0 Å². The minimum Gasteiger partial charge on any atom is -0.668 e. The number of piperidine rings is 1. The summed E-state index contributed by atoms with van der Waals surface area (Å²) in [7, 11) is 3.50. The van der Waals surface area contributed by atoms with Gasteiger partial charge in [-0.1, -0.05) is 0 Å². The number of benzene rings is 1. The Hall–Kier alpha value is -1.88. The van der Waals surface area contributed by atoms with E-state index in [0.717, 1.165) is 50.1 Å². The summed E-state index contributed by atoms with van der Waals surface area (Å²) in [6, 6.07) is 4.72. The molecule has 1 aromatic heterocycles. The van der Waals surface area contributed by atoms with Crippen LogP contribution in [0.2, 0.25) is 0 Å². The number of anilines is 1. The van der Waals surface area contributed by atoms with Crippen LogP contribution < -0.4 is 5.73 Å². The molecule has 2 heterocycles. The molecule has 5 nitrogen and oxygen atoms in total. The summed E-state index contributed by atoms with van der Waals surface area (Å²) in [4.78, 5) is 2.02. The molecule has 0 bridgehead atoms. The Balaban J connectivity index is 0.00000109. The van der Waals surface area contributed by atoms with Gasteiger partial charge in [-0.15, -0.1) is 0 Å².